The molecule has 2 N–H and O–H groups in total. The van der Waals surface area contributed by atoms with E-state index in [1.165, 1.54) is 18.2 Å². The third-order valence-electron chi connectivity index (χ3n) is 3.86. The van der Waals surface area contributed by atoms with Crippen molar-refractivity contribution in [3.63, 3.8) is 0 Å². The Bertz CT molecular complexity index is 709. The highest BCUT2D eigenvalue weighted by atomic mass is 16.5. The minimum atomic E-state index is -0.686. The normalized spacial score (nSPS) is 11.6. The maximum absolute atomic E-state index is 11.9. The first-order valence-corrected chi connectivity index (χ1v) is 7.82. The van der Waals surface area contributed by atoms with Gasteiger partial charge in [-0.15, -0.1) is 0 Å². The molecular weight excluding hydrogens is 306 g/mol. The van der Waals surface area contributed by atoms with Gasteiger partial charge in [0, 0.05) is 18.4 Å². The van der Waals surface area contributed by atoms with Crippen LogP contribution < -0.4 is 10.6 Å². The van der Waals surface area contributed by atoms with Gasteiger partial charge in [-0.05, 0) is 37.1 Å². The van der Waals surface area contributed by atoms with Crippen LogP contribution in [0.15, 0.2) is 42.6 Å². The van der Waals surface area contributed by atoms with Crippen LogP contribution in [0.25, 0.3) is 0 Å². The molecule has 0 saturated carbocycles. The van der Waals surface area contributed by atoms with E-state index in [0.29, 0.717) is 6.54 Å². The Balaban J connectivity index is 1.93. The molecule has 0 aliphatic heterocycles. The monoisotopic (exact) mass is 329 g/mol. The fourth-order valence-corrected chi connectivity index (χ4v) is 2.39. The van der Waals surface area contributed by atoms with Crippen LogP contribution in [0, 0.1) is 6.92 Å². The first-order chi connectivity index (χ1) is 11.5. The third-order valence-corrected chi connectivity index (χ3v) is 3.86. The molecule has 1 aromatic carbocycles. The summed E-state index contributed by atoms with van der Waals surface area (Å²) in [5, 5.41) is 5.29. The lowest BCUT2D eigenvalue weighted by molar-refractivity contribution is -0.142. The summed E-state index contributed by atoms with van der Waals surface area (Å²) in [6, 6.07) is 11.0. The lowest BCUT2D eigenvalue weighted by Crippen LogP contribution is -2.44. The molecule has 0 radical (unpaired) electrons. The molecule has 6 heteroatoms. The Morgan fingerprint density at radius 1 is 1.21 bits per heavy atom. The number of nitrogens with zero attached hydrogens (tertiary/aromatic N) is 1. The molecule has 2 amide bonds. The molecule has 2 rings (SSSR count). The van der Waals surface area contributed by atoms with E-state index in [2.05, 4.69) is 39.0 Å². The fourth-order valence-electron chi connectivity index (χ4n) is 2.39. The van der Waals surface area contributed by atoms with E-state index in [4.69, 9.17) is 0 Å². The van der Waals surface area contributed by atoms with Gasteiger partial charge in [0.2, 0.25) is 0 Å². The molecule has 1 atom stereocenters. The molecule has 24 heavy (non-hydrogen) atoms. The Hall–Kier alpha value is -2.76. The zero-order chi connectivity index (χ0) is 17.5. The highest BCUT2D eigenvalue weighted by Gasteiger charge is 2.15. The number of methoxy groups -OCH3 is 1. The van der Waals surface area contributed by atoms with Gasteiger partial charge in [0.15, 0.2) is 0 Å². The van der Waals surface area contributed by atoms with Gasteiger partial charge in [-0.1, -0.05) is 24.3 Å². The van der Waals surface area contributed by atoms with Crippen molar-refractivity contribution >= 4 is 12.0 Å². The number of hydrogen-bond donors (Lipinski definition) is 2. The number of esters is 1. The molecule has 0 aliphatic rings. The highest BCUT2D eigenvalue weighted by Crippen LogP contribution is 2.11. The topological polar surface area (TPSA) is 72.4 Å². The number of urea groups is 1. The maximum Gasteiger partial charge on any atom is 0.328 e. The summed E-state index contributed by atoms with van der Waals surface area (Å²) in [4.78, 5) is 23.2. The van der Waals surface area contributed by atoms with Crippen LogP contribution in [0.1, 0.15) is 23.7 Å². The Morgan fingerprint density at radius 3 is 2.67 bits per heavy atom. The van der Waals surface area contributed by atoms with E-state index in [-0.39, 0.29) is 0 Å². The number of amides is 2. The second-order valence-corrected chi connectivity index (χ2v) is 5.63. The van der Waals surface area contributed by atoms with Crippen LogP contribution in [-0.2, 0) is 22.6 Å². The largest absolute Gasteiger partial charge is 0.467 e. The van der Waals surface area contributed by atoms with Gasteiger partial charge in [0.1, 0.15) is 6.04 Å². The van der Waals surface area contributed by atoms with Crippen LogP contribution in [-0.4, -0.2) is 29.7 Å². The Morgan fingerprint density at radius 2 is 1.96 bits per heavy atom. The number of carbonyl (C=O) groups is 2. The van der Waals surface area contributed by atoms with Gasteiger partial charge in [0.05, 0.1) is 13.7 Å². The lowest BCUT2D eigenvalue weighted by Gasteiger charge is -2.14. The number of hydrogen-bond acceptors (Lipinski definition) is 3. The van der Waals surface area contributed by atoms with E-state index in [1.54, 1.807) is 6.92 Å². The van der Waals surface area contributed by atoms with Crippen LogP contribution in [0.3, 0.4) is 0 Å². The summed E-state index contributed by atoms with van der Waals surface area (Å²) < 4.78 is 6.66. The number of carbonyl (C=O) groups excluding carboxylic acids is 2. The number of aromatic nitrogens is 1. The van der Waals surface area contributed by atoms with Crippen molar-refractivity contribution in [3.05, 3.63) is 59.4 Å². The quantitative estimate of drug-likeness (QED) is 0.798. The summed E-state index contributed by atoms with van der Waals surface area (Å²) in [7, 11) is 1.29. The van der Waals surface area contributed by atoms with Gasteiger partial charge in [-0.2, -0.15) is 0 Å². The molecule has 0 unspecified atom stereocenters. The summed E-state index contributed by atoms with van der Waals surface area (Å²) in [6.07, 6.45) is 1.98. The summed E-state index contributed by atoms with van der Waals surface area (Å²) in [5.41, 5.74) is 3.45. The smallest absolute Gasteiger partial charge is 0.328 e. The molecule has 0 bridgehead atoms. The molecule has 128 valence electrons. The van der Waals surface area contributed by atoms with E-state index in [9.17, 15) is 9.59 Å². The molecule has 0 saturated heterocycles. The Kier molecular flexibility index (Phi) is 6.01. The zero-order valence-electron chi connectivity index (χ0n) is 14.2. The average Bonchev–Trinajstić information content (AvgIpc) is 3.01. The molecule has 1 aromatic heterocycles. The predicted molar refractivity (Wildman–Crippen MR) is 91.6 cm³/mol. The molecule has 1 heterocycles. The number of rotatable bonds is 6. The van der Waals surface area contributed by atoms with E-state index in [1.807, 2.05) is 30.5 Å². The molecule has 0 aliphatic carbocycles. The maximum atomic E-state index is 11.9. The van der Waals surface area contributed by atoms with Gasteiger partial charge in [-0.25, -0.2) is 9.59 Å². The van der Waals surface area contributed by atoms with Crippen molar-refractivity contribution in [2.24, 2.45) is 0 Å². The van der Waals surface area contributed by atoms with Gasteiger partial charge >= 0.3 is 12.0 Å². The Labute approximate surface area is 141 Å². The second kappa shape index (κ2) is 8.19. The summed E-state index contributed by atoms with van der Waals surface area (Å²) in [6.45, 7) is 4.78. The van der Waals surface area contributed by atoms with E-state index in [0.717, 1.165) is 12.2 Å². The van der Waals surface area contributed by atoms with Crippen LogP contribution >= 0.6 is 0 Å². The summed E-state index contributed by atoms with van der Waals surface area (Å²) >= 11 is 0. The van der Waals surface area contributed by atoms with Crippen molar-refractivity contribution in [1.82, 2.24) is 15.2 Å². The van der Waals surface area contributed by atoms with Crippen molar-refractivity contribution < 1.29 is 14.3 Å². The highest BCUT2D eigenvalue weighted by molar-refractivity contribution is 5.83. The SMILES string of the molecule is COC(=O)[C@@H](C)NC(=O)NCc1cccn1Cc1ccccc1C. The number of nitrogens with one attached hydrogen (secondary N) is 2. The fraction of sp³-hybridized carbons (Fsp3) is 0.333. The standard InChI is InChI=1S/C18H23N3O3/c1-13-7-4-5-8-15(13)12-21-10-6-9-16(21)11-19-18(23)20-14(2)17(22)24-3/h4-10,14H,11-12H2,1-3H3,(H2,19,20,23)/t14-/m1/s1. The van der Waals surface area contributed by atoms with Gasteiger partial charge < -0.3 is 19.9 Å². The third kappa shape index (κ3) is 4.62. The minimum absolute atomic E-state index is 0.374. The number of aryl methyl sites for hydroxylation is 1. The molecule has 2 aromatic rings. The second-order valence-electron chi connectivity index (χ2n) is 5.63. The zero-order valence-corrected chi connectivity index (χ0v) is 14.2. The van der Waals surface area contributed by atoms with Crippen molar-refractivity contribution in [1.29, 1.82) is 0 Å². The van der Waals surface area contributed by atoms with Crippen molar-refractivity contribution in [2.45, 2.75) is 33.0 Å². The van der Waals surface area contributed by atoms with Crippen molar-refractivity contribution in [3.8, 4) is 0 Å². The molecule has 6 nitrogen and oxygen atoms in total. The molecule has 0 fully saturated rings. The van der Waals surface area contributed by atoms with Gasteiger partial charge in [-0.3, -0.25) is 0 Å². The first kappa shape index (κ1) is 17.6. The van der Waals surface area contributed by atoms with Gasteiger partial charge in [0.25, 0.3) is 0 Å². The van der Waals surface area contributed by atoms with E-state index < -0.39 is 18.0 Å². The summed E-state index contributed by atoms with van der Waals surface area (Å²) in [5.74, 6) is -0.479. The molecule has 0 spiro atoms. The van der Waals surface area contributed by atoms with Crippen LogP contribution in [0.5, 0.6) is 0 Å². The number of benzene rings is 1. The first-order valence-electron chi connectivity index (χ1n) is 7.82. The number of ether oxygens (including phenoxy) is 1. The predicted octanol–water partition coefficient (Wildman–Crippen LogP) is 2.21. The minimum Gasteiger partial charge on any atom is -0.467 e. The van der Waals surface area contributed by atoms with E-state index >= 15 is 0 Å². The average molecular weight is 329 g/mol. The van der Waals surface area contributed by atoms with Crippen LogP contribution in [0.2, 0.25) is 0 Å². The lowest BCUT2D eigenvalue weighted by atomic mass is 10.1. The molecular formula is C18H23N3O3. The van der Waals surface area contributed by atoms with Crippen molar-refractivity contribution in [2.75, 3.05) is 7.11 Å². The van der Waals surface area contributed by atoms with Crippen LogP contribution in [0.4, 0.5) is 4.79 Å².